The van der Waals surface area contributed by atoms with Crippen LogP contribution in [0.3, 0.4) is 0 Å². The maximum Gasteiger partial charge on any atom is 0.326 e. The maximum absolute atomic E-state index is 13.0. The molecule has 0 aliphatic rings. The summed E-state index contributed by atoms with van der Waals surface area (Å²) in [6, 6.07) is 13.7. The predicted molar refractivity (Wildman–Crippen MR) is 125 cm³/mol. The van der Waals surface area contributed by atoms with E-state index in [1.807, 2.05) is 43.3 Å². The van der Waals surface area contributed by atoms with Crippen molar-refractivity contribution in [2.24, 2.45) is 0 Å². The zero-order valence-electron chi connectivity index (χ0n) is 18.9. The molecule has 32 heavy (non-hydrogen) atoms. The molecule has 0 fully saturated rings. The van der Waals surface area contributed by atoms with Crippen molar-refractivity contribution in [3.63, 3.8) is 0 Å². The second-order valence-corrected chi connectivity index (χ2v) is 8.97. The molecule has 0 spiro atoms. The van der Waals surface area contributed by atoms with Crippen LogP contribution >= 0.6 is 0 Å². The second kappa shape index (κ2) is 8.15. The summed E-state index contributed by atoms with van der Waals surface area (Å²) >= 11 is 0. The number of carbonyl (C=O) groups is 1. The number of para-hydroxylation sites is 1. The highest BCUT2D eigenvalue weighted by molar-refractivity contribution is 6.05. The molecule has 7 heteroatoms. The van der Waals surface area contributed by atoms with Gasteiger partial charge in [0.15, 0.2) is 5.82 Å². The fourth-order valence-electron chi connectivity index (χ4n) is 3.70. The Labute approximate surface area is 186 Å². The van der Waals surface area contributed by atoms with Crippen molar-refractivity contribution < 1.29 is 13.9 Å². The lowest BCUT2D eigenvalue weighted by atomic mass is 10.0. The molecule has 0 radical (unpaired) electrons. The Morgan fingerprint density at radius 3 is 2.62 bits per heavy atom. The van der Waals surface area contributed by atoms with E-state index >= 15 is 0 Å². The van der Waals surface area contributed by atoms with Gasteiger partial charge in [-0.2, -0.15) is 0 Å². The molecule has 0 unspecified atom stereocenters. The molecule has 2 aromatic carbocycles. The number of benzene rings is 2. The fourth-order valence-corrected chi connectivity index (χ4v) is 3.70. The first-order valence-corrected chi connectivity index (χ1v) is 10.6. The van der Waals surface area contributed by atoms with Crippen LogP contribution < -0.4 is 10.9 Å². The molecule has 4 rings (SSSR count). The van der Waals surface area contributed by atoms with Gasteiger partial charge >= 0.3 is 5.97 Å². The van der Waals surface area contributed by atoms with E-state index in [1.165, 1.54) is 4.57 Å². The van der Waals surface area contributed by atoms with E-state index in [4.69, 9.17) is 9.15 Å². The Hall–Kier alpha value is -3.61. The first-order valence-electron chi connectivity index (χ1n) is 10.6. The van der Waals surface area contributed by atoms with E-state index in [0.29, 0.717) is 5.69 Å². The molecule has 0 amide bonds. The molecule has 7 nitrogen and oxygen atoms in total. The van der Waals surface area contributed by atoms with E-state index in [-0.39, 0.29) is 24.0 Å². The largest absolute Gasteiger partial charge is 0.459 e. The highest BCUT2D eigenvalue weighted by atomic mass is 16.6. The lowest BCUT2D eigenvalue weighted by Gasteiger charge is -2.20. The Morgan fingerprint density at radius 2 is 1.88 bits per heavy atom. The van der Waals surface area contributed by atoms with Crippen LogP contribution in [0.1, 0.15) is 45.0 Å². The van der Waals surface area contributed by atoms with Crippen molar-refractivity contribution in [2.45, 2.75) is 52.8 Å². The number of ether oxygens (including phenoxy) is 1. The summed E-state index contributed by atoms with van der Waals surface area (Å²) in [5.41, 5.74) is 2.28. The molecule has 2 heterocycles. The zero-order chi connectivity index (χ0) is 23.0. The molecule has 0 bridgehead atoms. The average molecular weight is 434 g/mol. The van der Waals surface area contributed by atoms with Crippen molar-refractivity contribution in [1.82, 2.24) is 9.55 Å². The number of hydrogen-bond donors (Lipinski definition) is 1. The van der Waals surface area contributed by atoms with E-state index in [1.54, 1.807) is 33.9 Å². The first kappa shape index (κ1) is 21.6. The summed E-state index contributed by atoms with van der Waals surface area (Å²) in [5.74, 6) is -0.278. The summed E-state index contributed by atoms with van der Waals surface area (Å²) in [6.07, 6.45) is 1.56. The number of nitrogens with zero attached hydrogens (tertiary/aromatic N) is 2. The van der Waals surface area contributed by atoms with E-state index < -0.39 is 11.6 Å². The van der Waals surface area contributed by atoms with Crippen LogP contribution in [0.4, 0.5) is 5.82 Å². The number of esters is 1. The second-order valence-electron chi connectivity index (χ2n) is 8.97. The van der Waals surface area contributed by atoms with Gasteiger partial charge < -0.3 is 14.5 Å². The van der Waals surface area contributed by atoms with Crippen LogP contribution in [0.25, 0.3) is 21.9 Å². The van der Waals surface area contributed by atoms with E-state index in [2.05, 4.69) is 16.4 Å². The molecule has 0 saturated heterocycles. The molecule has 4 aromatic rings. The molecular formula is C25H27N3O4. The molecule has 1 atom stereocenters. The number of aryl methyl sites for hydroxylation is 1. The first-order chi connectivity index (χ1) is 15.1. The number of aromatic nitrogens is 2. The topological polar surface area (TPSA) is 86.4 Å². The van der Waals surface area contributed by atoms with Crippen LogP contribution in [-0.2, 0) is 16.1 Å². The third kappa shape index (κ3) is 4.51. The van der Waals surface area contributed by atoms with Gasteiger partial charge in [-0.25, -0.2) is 4.98 Å². The van der Waals surface area contributed by atoms with Gasteiger partial charge in [0, 0.05) is 17.0 Å². The Morgan fingerprint density at radius 1 is 1.16 bits per heavy atom. The minimum absolute atomic E-state index is 0.171. The molecular weight excluding hydrogens is 406 g/mol. The summed E-state index contributed by atoms with van der Waals surface area (Å²) in [5, 5.41) is 5.27. The number of furan rings is 1. The summed E-state index contributed by atoms with van der Waals surface area (Å²) < 4.78 is 12.6. The standard InChI is InChI=1S/C25H27N3O4/c1-15-13-28(14-22(29)32-25(3,4)5)24(30)23(26-15)27-16(2)17-10-11-21-19(12-17)18-8-6-7-9-20(18)31-21/h6-13,16H,14H2,1-5H3,(H,26,27)/t16-/m1/s1. The normalized spacial score (nSPS) is 12.8. The quantitative estimate of drug-likeness (QED) is 0.448. The van der Waals surface area contributed by atoms with Gasteiger partial charge in [-0.05, 0) is 58.4 Å². The Balaban J connectivity index is 1.61. The lowest BCUT2D eigenvalue weighted by molar-refractivity contribution is -0.155. The van der Waals surface area contributed by atoms with Gasteiger partial charge in [-0.3, -0.25) is 14.2 Å². The van der Waals surface area contributed by atoms with Crippen molar-refractivity contribution in [3.05, 3.63) is 70.3 Å². The van der Waals surface area contributed by atoms with E-state index in [0.717, 1.165) is 27.5 Å². The minimum Gasteiger partial charge on any atom is -0.459 e. The SMILES string of the molecule is Cc1cn(CC(=O)OC(C)(C)C)c(=O)c(N[C@H](C)c2ccc3oc4ccccc4c3c2)n1. The highest BCUT2D eigenvalue weighted by Gasteiger charge is 2.19. The van der Waals surface area contributed by atoms with Crippen LogP contribution in [0.15, 0.2) is 57.9 Å². The average Bonchev–Trinajstić information content (AvgIpc) is 3.07. The predicted octanol–water partition coefficient (Wildman–Crippen LogP) is 4.97. The zero-order valence-corrected chi connectivity index (χ0v) is 18.9. The van der Waals surface area contributed by atoms with Crippen molar-refractivity contribution in [3.8, 4) is 0 Å². The molecule has 166 valence electrons. The number of rotatable bonds is 5. The number of anilines is 1. The Kier molecular flexibility index (Phi) is 5.50. The number of fused-ring (bicyclic) bond motifs is 3. The van der Waals surface area contributed by atoms with Gasteiger partial charge in [-0.15, -0.1) is 0 Å². The lowest BCUT2D eigenvalue weighted by Crippen LogP contribution is -2.32. The van der Waals surface area contributed by atoms with Crippen molar-refractivity contribution >= 4 is 33.7 Å². The van der Waals surface area contributed by atoms with Gasteiger partial charge in [0.2, 0.25) is 0 Å². The summed E-state index contributed by atoms with van der Waals surface area (Å²) in [6.45, 7) is 8.95. The molecule has 0 saturated carbocycles. The summed E-state index contributed by atoms with van der Waals surface area (Å²) in [4.78, 5) is 29.5. The fraction of sp³-hybridized carbons (Fsp3) is 0.320. The van der Waals surface area contributed by atoms with Crippen LogP contribution in [0, 0.1) is 6.92 Å². The Bertz CT molecular complexity index is 1360. The molecule has 0 aliphatic carbocycles. The van der Waals surface area contributed by atoms with Gasteiger partial charge in [-0.1, -0.05) is 24.3 Å². The van der Waals surface area contributed by atoms with Crippen LogP contribution in [0.2, 0.25) is 0 Å². The minimum atomic E-state index is -0.617. The number of hydrogen-bond acceptors (Lipinski definition) is 6. The summed E-state index contributed by atoms with van der Waals surface area (Å²) in [7, 11) is 0. The third-order valence-electron chi connectivity index (χ3n) is 5.07. The van der Waals surface area contributed by atoms with Gasteiger partial charge in [0.1, 0.15) is 23.3 Å². The highest BCUT2D eigenvalue weighted by Crippen LogP contribution is 2.31. The van der Waals surface area contributed by atoms with Crippen LogP contribution in [0.5, 0.6) is 0 Å². The molecule has 0 aliphatic heterocycles. The number of nitrogens with one attached hydrogen (secondary N) is 1. The maximum atomic E-state index is 13.0. The van der Waals surface area contributed by atoms with Crippen molar-refractivity contribution in [1.29, 1.82) is 0 Å². The van der Waals surface area contributed by atoms with E-state index in [9.17, 15) is 9.59 Å². The molecule has 1 N–H and O–H groups in total. The molecule has 2 aromatic heterocycles. The van der Waals surface area contributed by atoms with Gasteiger partial charge in [0.25, 0.3) is 5.56 Å². The third-order valence-corrected chi connectivity index (χ3v) is 5.07. The smallest absolute Gasteiger partial charge is 0.326 e. The van der Waals surface area contributed by atoms with Crippen molar-refractivity contribution in [2.75, 3.05) is 5.32 Å². The van der Waals surface area contributed by atoms with Gasteiger partial charge in [0.05, 0.1) is 11.7 Å². The van der Waals surface area contributed by atoms with Crippen LogP contribution in [-0.4, -0.2) is 21.1 Å². The monoisotopic (exact) mass is 433 g/mol. The number of carbonyl (C=O) groups excluding carboxylic acids is 1.